The van der Waals surface area contributed by atoms with E-state index in [4.69, 9.17) is 69.6 Å². The van der Waals surface area contributed by atoms with Gasteiger partial charge in [0.15, 0.2) is 0 Å². The molecule has 0 N–H and O–H groups in total. The molecule has 2 unspecified atom stereocenters. The van der Waals surface area contributed by atoms with Crippen LogP contribution in [0.5, 0.6) is 0 Å². The lowest BCUT2D eigenvalue weighted by atomic mass is 10.2. The highest BCUT2D eigenvalue weighted by Gasteiger charge is 2.79. The number of aromatic nitrogens is 3. The Morgan fingerprint density at radius 3 is 1.47 bits per heavy atom. The van der Waals surface area contributed by atoms with Gasteiger partial charge in [-0.05, 0) is 0 Å². The van der Waals surface area contributed by atoms with Crippen LogP contribution in [0.2, 0.25) is 0 Å². The first kappa shape index (κ1) is 14.2. The SMILES string of the molecule is Cn1c(=O)n2n(c1=O)C1(Cl)C(Cl)=C(Cl)C2(Cl)C1(Cl)Cl. The Morgan fingerprint density at radius 2 is 1.16 bits per heavy atom. The molecule has 1 aromatic rings. The maximum Gasteiger partial charge on any atom is 0.349 e. The highest BCUT2D eigenvalue weighted by Crippen LogP contribution is 2.71. The molecule has 2 aliphatic rings. The number of hydrogen-bond donors (Lipinski definition) is 0. The fourth-order valence-electron chi connectivity index (χ4n) is 2.31. The zero-order valence-electron chi connectivity index (χ0n) is 8.93. The average Bonchev–Trinajstić information content (AvgIpc) is 2.69. The molecule has 2 bridgehead atoms. The normalized spacial score (nSPS) is 35.1. The van der Waals surface area contributed by atoms with Crippen molar-refractivity contribution in [3.63, 3.8) is 0 Å². The predicted molar refractivity (Wildman–Crippen MR) is 74.8 cm³/mol. The monoisotopic (exact) mass is 383 g/mol. The largest absolute Gasteiger partial charge is 0.349 e. The van der Waals surface area contributed by atoms with E-state index >= 15 is 0 Å². The number of halogens is 6. The molecule has 104 valence electrons. The second-order valence-corrected chi connectivity index (χ2v) is 7.37. The molecule has 1 aliphatic heterocycles. The summed E-state index contributed by atoms with van der Waals surface area (Å²) in [6.07, 6.45) is 0. The van der Waals surface area contributed by atoms with Crippen LogP contribution >= 0.6 is 69.6 Å². The van der Waals surface area contributed by atoms with Gasteiger partial charge in [0.1, 0.15) is 0 Å². The van der Waals surface area contributed by atoms with E-state index in [0.29, 0.717) is 0 Å². The Bertz CT molecular complexity index is 713. The van der Waals surface area contributed by atoms with E-state index in [-0.39, 0.29) is 10.1 Å². The Morgan fingerprint density at radius 1 is 0.842 bits per heavy atom. The first-order valence-electron chi connectivity index (χ1n) is 4.78. The number of rotatable bonds is 0. The minimum absolute atomic E-state index is 0.191. The summed E-state index contributed by atoms with van der Waals surface area (Å²) < 4.78 is 0.441. The van der Waals surface area contributed by atoms with Crippen molar-refractivity contribution in [2.45, 2.75) is 14.3 Å². The maximum atomic E-state index is 12.1. The molecular formula is C8H3Cl6N3O2. The van der Waals surface area contributed by atoms with E-state index in [9.17, 15) is 9.59 Å². The highest BCUT2D eigenvalue weighted by atomic mass is 35.5. The average molecular weight is 386 g/mol. The van der Waals surface area contributed by atoms with Crippen LogP contribution in [0.25, 0.3) is 0 Å². The molecule has 19 heavy (non-hydrogen) atoms. The highest BCUT2D eigenvalue weighted by molar-refractivity contribution is 6.63. The van der Waals surface area contributed by atoms with Gasteiger partial charge in [-0.3, -0.25) is 0 Å². The molecule has 0 aromatic carbocycles. The van der Waals surface area contributed by atoms with Crippen molar-refractivity contribution in [1.29, 1.82) is 0 Å². The van der Waals surface area contributed by atoms with E-state index in [0.717, 1.165) is 13.9 Å². The summed E-state index contributed by atoms with van der Waals surface area (Å²) >= 11 is 37.0. The molecule has 2 atom stereocenters. The molecular weight excluding hydrogens is 383 g/mol. The summed E-state index contributed by atoms with van der Waals surface area (Å²) in [5.74, 6) is 0. The summed E-state index contributed by atoms with van der Waals surface area (Å²) in [6, 6.07) is 0. The van der Waals surface area contributed by atoms with Gasteiger partial charge in [0.2, 0.25) is 14.3 Å². The molecule has 0 spiro atoms. The lowest BCUT2D eigenvalue weighted by molar-refractivity contribution is 0.447. The van der Waals surface area contributed by atoms with Gasteiger partial charge >= 0.3 is 11.4 Å². The summed E-state index contributed by atoms with van der Waals surface area (Å²) in [7, 11) is 1.26. The first-order valence-corrected chi connectivity index (χ1v) is 7.05. The summed E-state index contributed by atoms with van der Waals surface area (Å²) in [5.41, 5.74) is -1.51. The molecule has 0 amide bonds. The second-order valence-electron chi connectivity index (χ2n) is 4.19. The van der Waals surface area contributed by atoms with Crippen molar-refractivity contribution in [1.82, 2.24) is 13.9 Å². The smallest absolute Gasteiger partial charge is 0.246 e. The van der Waals surface area contributed by atoms with Crippen LogP contribution in [-0.4, -0.2) is 18.3 Å². The molecule has 11 heteroatoms. The molecule has 5 nitrogen and oxygen atoms in total. The van der Waals surface area contributed by atoms with Gasteiger partial charge < -0.3 is 0 Å². The molecule has 2 heterocycles. The molecule has 1 aromatic heterocycles. The first-order chi connectivity index (χ1) is 8.54. The van der Waals surface area contributed by atoms with Crippen molar-refractivity contribution in [3.05, 3.63) is 31.0 Å². The van der Waals surface area contributed by atoms with Crippen LogP contribution in [0.15, 0.2) is 19.7 Å². The van der Waals surface area contributed by atoms with E-state index in [2.05, 4.69) is 0 Å². The second kappa shape index (κ2) is 3.51. The van der Waals surface area contributed by atoms with Gasteiger partial charge in [-0.25, -0.2) is 14.2 Å². The van der Waals surface area contributed by atoms with Gasteiger partial charge in [0.25, 0.3) is 0 Å². The van der Waals surface area contributed by atoms with Crippen molar-refractivity contribution >= 4 is 69.6 Å². The van der Waals surface area contributed by atoms with Gasteiger partial charge in [0, 0.05) is 7.05 Å². The third-order valence-corrected chi connectivity index (χ3v) is 7.29. The van der Waals surface area contributed by atoms with Crippen molar-refractivity contribution in [2.75, 3.05) is 0 Å². The van der Waals surface area contributed by atoms with E-state index in [1.807, 2.05) is 0 Å². The Hall–Kier alpha value is 0.220. The molecule has 1 aliphatic carbocycles. The minimum Gasteiger partial charge on any atom is -0.246 e. The van der Waals surface area contributed by atoms with Gasteiger partial charge in [-0.2, -0.15) is 9.36 Å². The fourth-order valence-corrected chi connectivity index (χ4v) is 4.83. The number of allylic oxidation sites excluding steroid dienone is 2. The third-order valence-electron chi connectivity index (χ3n) is 3.33. The lowest BCUT2D eigenvalue weighted by Gasteiger charge is -2.29. The Kier molecular flexibility index (Phi) is 2.62. The third kappa shape index (κ3) is 1.09. The Balaban J connectivity index is 2.62. The van der Waals surface area contributed by atoms with Crippen LogP contribution < -0.4 is 11.4 Å². The maximum absolute atomic E-state index is 12.1. The van der Waals surface area contributed by atoms with Crippen LogP contribution in [-0.2, 0) is 17.0 Å². The molecule has 3 rings (SSSR count). The van der Waals surface area contributed by atoms with Crippen LogP contribution in [0.4, 0.5) is 0 Å². The molecule has 0 saturated carbocycles. The summed E-state index contributed by atoms with van der Waals surface area (Å²) in [5, 5.41) is -0.382. The fraction of sp³-hybridized carbons (Fsp3) is 0.500. The predicted octanol–water partition coefficient (Wildman–Crippen LogP) is 2.02. The zero-order valence-corrected chi connectivity index (χ0v) is 13.5. The number of nitrogens with zero attached hydrogens (tertiary/aromatic N) is 3. The minimum atomic E-state index is -2.00. The number of alkyl halides is 4. The van der Waals surface area contributed by atoms with Crippen LogP contribution in [0.3, 0.4) is 0 Å². The molecule has 0 saturated heterocycles. The summed E-state index contributed by atoms with van der Waals surface area (Å²) in [6.45, 7) is 0. The van der Waals surface area contributed by atoms with Crippen molar-refractivity contribution in [2.24, 2.45) is 7.05 Å². The zero-order chi connectivity index (χ0) is 14.5. The van der Waals surface area contributed by atoms with Crippen molar-refractivity contribution < 1.29 is 0 Å². The van der Waals surface area contributed by atoms with Gasteiger partial charge in [-0.1, -0.05) is 69.6 Å². The van der Waals surface area contributed by atoms with E-state index < -0.39 is 25.7 Å². The number of hydrogen-bond acceptors (Lipinski definition) is 2. The molecule has 0 radical (unpaired) electrons. The number of fused-ring (bicyclic) bond motifs is 5. The lowest BCUT2D eigenvalue weighted by Crippen LogP contribution is -2.47. The summed E-state index contributed by atoms with van der Waals surface area (Å²) in [4.78, 5) is 20.3. The van der Waals surface area contributed by atoms with Crippen LogP contribution in [0.1, 0.15) is 0 Å². The van der Waals surface area contributed by atoms with E-state index in [1.54, 1.807) is 0 Å². The van der Waals surface area contributed by atoms with Gasteiger partial charge in [0.05, 0.1) is 10.1 Å². The topological polar surface area (TPSA) is 48.9 Å². The Labute approximate surface area is 135 Å². The molecule has 0 fully saturated rings. The van der Waals surface area contributed by atoms with Crippen molar-refractivity contribution in [3.8, 4) is 0 Å². The van der Waals surface area contributed by atoms with Crippen LogP contribution in [0, 0.1) is 0 Å². The standard InChI is InChI=1S/C8H3Cl6N3O2/c1-15-4(18)16-6(11)2(9)3(10)7(12,8(6,13)14)17(16)5(15)19/h1H3. The van der Waals surface area contributed by atoms with Gasteiger partial charge in [-0.15, -0.1) is 0 Å². The van der Waals surface area contributed by atoms with E-state index in [1.165, 1.54) is 7.05 Å². The quantitative estimate of drug-likeness (QED) is 0.641.